The van der Waals surface area contributed by atoms with Crippen molar-refractivity contribution in [2.24, 2.45) is 0 Å². The molecule has 3 rings (SSSR count). The highest BCUT2D eigenvalue weighted by atomic mass is 32.1. The lowest BCUT2D eigenvalue weighted by Gasteiger charge is -2.26. The maximum absolute atomic E-state index is 13.2. The van der Waals surface area contributed by atoms with Crippen molar-refractivity contribution in [3.05, 3.63) is 52.0 Å². The van der Waals surface area contributed by atoms with Gasteiger partial charge in [-0.15, -0.1) is 11.3 Å². The molecule has 6 heteroatoms. The Morgan fingerprint density at radius 1 is 1.27 bits per heavy atom. The van der Waals surface area contributed by atoms with Crippen molar-refractivity contribution < 1.29 is 14.3 Å². The van der Waals surface area contributed by atoms with Gasteiger partial charge in [0.15, 0.2) is 5.69 Å². The van der Waals surface area contributed by atoms with Crippen LogP contribution in [0.5, 0.6) is 0 Å². The quantitative estimate of drug-likeness (QED) is 0.657. The van der Waals surface area contributed by atoms with E-state index in [0.29, 0.717) is 18.8 Å². The largest absolute Gasteiger partial charge is 0.461 e. The van der Waals surface area contributed by atoms with Crippen LogP contribution >= 0.6 is 11.3 Å². The molecule has 0 N–H and O–H groups in total. The standard InChI is InChI=1S/C20H24N2O3S/c1-3-16(14-8-6-5-7-9-14)19(23)22(15-10-11-15)12-18-21-17(13-26-18)20(24)25-4-2/h5-9,13,15-16H,3-4,10-12H2,1-2H3/t16-/m1/s1. The average Bonchev–Trinajstić information content (AvgIpc) is 3.39. The van der Waals surface area contributed by atoms with Crippen LogP contribution in [-0.2, 0) is 16.1 Å². The van der Waals surface area contributed by atoms with Gasteiger partial charge in [0.1, 0.15) is 5.01 Å². The van der Waals surface area contributed by atoms with E-state index in [2.05, 4.69) is 4.98 Å². The van der Waals surface area contributed by atoms with E-state index in [1.807, 2.05) is 42.2 Å². The Bertz CT molecular complexity index is 755. The number of nitrogens with zero attached hydrogens (tertiary/aromatic N) is 2. The van der Waals surface area contributed by atoms with Crippen molar-refractivity contribution in [2.45, 2.75) is 51.6 Å². The first-order valence-corrected chi connectivity index (χ1v) is 9.98. The number of amides is 1. The zero-order chi connectivity index (χ0) is 18.5. The van der Waals surface area contributed by atoms with Crippen LogP contribution in [-0.4, -0.2) is 34.4 Å². The van der Waals surface area contributed by atoms with Gasteiger partial charge in [-0.05, 0) is 31.7 Å². The van der Waals surface area contributed by atoms with Gasteiger partial charge in [-0.25, -0.2) is 9.78 Å². The highest BCUT2D eigenvalue weighted by molar-refractivity contribution is 7.09. The summed E-state index contributed by atoms with van der Waals surface area (Å²) < 4.78 is 4.99. The molecule has 0 bridgehead atoms. The highest BCUT2D eigenvalue weighted by Crippen LogP contribution is 2.33. The van der Waals surface area contributed by atoms with Crippen LogP contribution in [0.3, 0.4) is 0 Å². The minimum absolute atomic E-state index is 0.138. The van der Waals surface area contributed by atoms with Crippen molar-refractivity contribution in [3.63, 3.8) is 0 Å². The van der Waals surface area contributed by atoms with Crippen molar-refractivity contribution in [1.29, 1.82) is 0 Å². The lowest BCUT2D eigenvalue weighted by atomic mass is 9.95. The van der Waals surface area contributed by atoms with Crippen LogP contribution in [0.25, 0.3) is 0 Å². The molecule has 138 valence electrons. The molecule has 2 aromatic rings. The van der Waals surface area contributed by atoms with Gasteiger partial charge in [0.2, 0.25) is 5.91 Å². The minimum Gasteiger partial charge on any atom is -0.461 e. The van der Waals surface area contributed by atoms with E-state index in [1.165, 1.54) is 11.3 Å². The van der Waals surface area contributed by atoms with Crippen LogP contribution in [0.4, 0.5) is 0 Å². The van der Waals surface area contributed by atoms with Gasteiger partial charge in [0.05, 0.1) is 19.1 Å². The molecule has 1 aliphatic rings. The van der Waals surface area contributed by atoms with Gasteiger partial charge in [-0.2, -0.15) is 0 Å². The first-order chi connectivity index (χ1) is 12.6. The number of thiazole rings is 1. The summed E-state index contributed by atoms with van der Waals surface area (Å²) in [5.41, 5.74) is 1.38. The molecule has 1 aromatic heterocycles. The molecule has 1 amide bonds. The Morgan fingerprint density at radius 3 is 2.62 bits per heavy atom. The molecule has 1 heterocycles. The maximum atomic E-state index is 13.2. The third kappa shape index (κ3) is 4.30. The topological polar surface area (TPSA) is 59.5 Å². The Balaban J connectivity index is 1.75. The van der Waals surface area contributed by atoms with Gasteiger partial charge in [0, 0.05) is 11.4 Å². The summed E-state index contributed by atoms with van der Waals surface area (Å²) in [6.45, 7) is 4.60. The van der Waals surface area contributed by atoms with Gasteiger partial charge in [-0.3, -0.25) is 4.79 Å². The molecule has 26 heavy (non-hydrogen) atoms. The lowest BCUT2D eigenvalue weighted by Crippen LogP contribution is -2.36. The van der Waals surface area contributed by atoms with E-state index in [-0.39, 0.29) is 17.9 Å². The van der Waals surface area contributed by atoms with E-state index in [1.54, 1.807) is 12.3 Å². The van der Waals surface area contributed by atoms with Crippen molar-refractivity contribution >= 4 is 23.2 Å². The zero-order valence-electron chi connectivity index (χ0n) is 15.2. The summed E-state index contributed by atoms with van der Waals surface area (Å²) >= 11 is 1.40. The fraction of sp³-hybridized carbons (Fsp3) is 0.450. The lowest BCUT2D eigenvalue weighted by molar-refractivity contribution is -0.134. The Morgan fingerprint density at radius 2 is 2.00 bits per heavy atom. The molecule has 0 unspecified atom stereocenters. The number of benzene rings is 1. The number of ether oxygens (including phenoxy) is 1. The van der Waals surface area contributed by atoms with E-state index in [9.17, 15) is 9.59 Å². The second-order valence-electron chi connectivity index (χ2n) is 6.42. The number of carbonyl (C=O) groups is 2. The fourth-order valence-corrected chi connectivity index (χ4v) is 3.80. The zero-order valence-corrected chi connectivity index (χ0v) is 16.0. The van der Waals surface area contributed by atoms with Crippen LogP contribution in [0.2, 0.25) is 0 Å². The number of esters is 1. The van der Waals surface area contributed by atoms with Gasteiger partial charge in [0.25, 0.3) is 0 Å². The molecule has 1 fully saturated rings. The summed E-state index contributed by atoms with van der Waals surface area (Å²) in [4.78, 5) is 31.3. The molecular weight excluding hydrogens is 348 g/mol. The van der Waals surface area contributed by atoms with Crippen LogP contribution in [0.15, 0.2) is 35.7 Å². The van der Waals surface area contributed by atoms with Crippen molar-refractivity contribution in [3.8, 4) is 0 Å². The molecule has 1 aliphatic carbocycles. The number of rotatable bonds is 8. The van der Waals surface area contributed by atoms with Gasteiger partial charge in [-0.1, -0.05) is 37.3 Å². The minimum atomic E-state index is -0.407. The molecule has 0 spiro atoms. The molecular formula is C20H24N2O3S. The average molecular weight is 372 g/mol. The van der Waals surface area contributed by atoms with Crippen LogP contribution in [0.1, 0.15) is 60.1 Å². The number of hydrogen-bond donors (Lipinski definition) is 0. The van der Waals surface area contributed by atoms with E-state index >= 15 is 0 Å². The number of carbonyl (C=O) groups excluding carboxylic acids is 2. The Kier molecular flexibility index (Phi) is 6.04. The first-order valence-electron chi connectivity index (χ1n) is 9.11. The predicted octanol–water partition coefficient (Wildman–Crippen LogP) is 4.00. The monoisotopic (exact) mass is 372 g/mol. The van der Waals surface area contributed by atoms with E-state index in [4.69, 9.17) is 4.74 Å². The third-order valence-corrected chi connectivity index (χ3v) is 5.35. The maximum Gasteiger partial charge on any atom is 0.357 e. The fourth-order valence-electron chi connectivity index (χ4n) is 3.04. The molecule has 1 saturated carbocycles. The van der Waals surface area contributed by atoms with Crippen LogP contribution in [0, 0.1) is 0 Å². The second kappa shape index (κ2) is 8.45. The summed E-state index contributed by atoms with van der Waals surface area (Å²) in [5, 5.41) is 2.48. The number of hydrogen-bond acceptors (Lipinski definition) is 5. The number of aromatic nitrogens is 1. The highest BCUT2D eigenvalue weighted by Gasteiger charge is 2.36. The summed E-state index contributed by atoms with van der Waals surface area (Å²) in [5.74, 6) is -0.398. The van der Waals surface area contributed by atoms with Crippen molar-refractivity contribution in [1.82, 2.24) is 9.88 Å². The summed E-state index contributed by atoms with van der Waals surface area (Å²) in [6, 6.07) is 10.2. The summed E-state index contributed by atoms with van der Waals surface area (Å²) in [7, 11) is 0. The summed E-state index contributed by atoms with van der Waals surface area (Å²) in [6.07, 6.45) is 2.83. The molecule has 0 aliphatic heterocycles. The molecule has 5 nitrogen and oxygen atoms in total. The molecule has 0 radical (unpaired) electrons. The third-order valence-electron chi connectivity index (χ3n) is 4.52. The molecule has 0 saturated heterocycles. The second-order valence-corrected chi connectivity index (χ2v) is 7.36. The Hall–Kier alpha value is -2.21. The van der Waals surface area contributed by atoms with Crippen LogP contribution < -0.4 is 0 Å². The first kappa shape index (κ1) is 18.6. The Labute approximate surface area is 158 Å². The normalized spacial score (nSPS) is 14.7. The van der Waals surface area contributed by atoms with E-state index in [0.717, 1.165) is 29.8 Å². The molecule has 1 aromatic carbocycles. The smallest absolute Gasteiger partial charge is 0.357 e. The SMILES string of the molecule is CCOC(=O)c1csc(CN(C(=O)[C@H](CC)c2ccccc2)C2CC2)n1. The van der Waals surface area contributed by atoms with Gasteiger partial charge < -0.3 is 9.64 Å². The van der Waals surface area contributed by atoms with E-state index < -0.39 is 5.97 Å². The van der Waals surface area contributed by atoms with Gasteiger partial charge >= 0.3 is 5.97 Å². The predicted molar refractivity (Wildman–Crippen MR) is 101 cm³/mol. The van der Waals surface area contributed by atoms with Crippen molar-refractivity contribution in [2.75, 3.05) is 6.61 Å². The molecule has 1 atom stereocenters.